The average Bonchev–Trinajstić information content (AvgIpc) is 2.60. The first-order chi connectivity index (χ1) is 12.0. The van der Waals surface area contributed by atoms with Crippen LogP contribution in [0, 0.1) is 5.92 Å². The molecule has 2 atom stereocenters. The van der Waals surface area contributed by atoms with E-state index in [0.717, 1.165) is 16.5 Å². The van der Waals surface area contributed by atoms with Crippen LogP contribution in [0.5, 0.6) is 0 Å². The fourth-order valence-corrected chi connectivity index (χ4v) is 3.30. The van der Waals surface area contributed by atoms with Crippen LogP contribution in [0.1, 0.15) is 19.4 Å². The Kier molecular flexibility index (Phi) is 5.23. The van der Waals surface area contributed by atoms with Crippen molar-refractivity contribution in [2.24, 2.45) is 15.9 Å². The third-order valence-corrected chi connectivity index (χ3v) is 4.51. The molecule has 2 heterocycles. The third kappa shape index (κ3) is 3.61. The number of halogens is 1. The lowest BCUT2D eigenvalue weighted by Gasteiger charge is -2.27. The van der Waals surface area contributed by atoms with Crippen LogP contribution in [-0.4, -0.2) is 43.1 Å². The lowest BCUT2D eigenvalue weighted by Crippen LogP contribution is -2.38. The first-order valence-corrected chi connectivity index (χ1v) is 8.68. The average molecular weight is 360 g/mol. The molecule has 0 N–H and O–H groups in total. The van der Waals surface area contributed by atoms with Crippen molar-refractivity contribution in [3.63, 3.8) is 0 Å². The Morgan fingerprint density at radius 1 is 1.08 bits per heavy atom. The smallest absolute Gasteiger partial charge is 0.209 e. The standard InChI is InChI=1S/C19H22ClN3O2/c1-11(2)17-19(25-4)22-15(18(23-17)24-3)9-12-10-16(20)21-14-8-6-5-7-13(12)14/h5-8,10-11,15,17H,9H2,1-4H3/t15-,17+/m1/s1. The van der Waals surface area contributed by atoms with Gasteiger partial charge in [-0.15, -0.1) is 0 Å². The van der Waals surface area contributed by atoms with E-state index in [1.54, 1.807) is 14.2 Å². The summed E-state index contributed by atoms with van der Waals surface area (Å²) in [5, 5.41) is 1.53. The van der Waals surface area contributed by atoms with Crippen LogP contribution in [-0.2, 0) is 15.9 Å². The molecule has 1 aromatic carbocycles. The topological polar surface area (TPSA) is 56.1 Å². The molecule has 0 unspecified atom stereocenters. The van der Waals surface area contributed by atoms with Gasteiger partial charge in [0.15, 0.2) is 0 Å². The second-order valence-corrected chi connectivity index (χ2v) is 6.76. The van der Waals surface area contributed by atoms with Crippen molar-refractivity contribution in [1.29, 1.82) is 0 Å². The summed E-state index contributed by atoms with van der Waals surface area (Å²) in [5.41, 5.74) is 1.93. The molecular formula is C19H22ClN3O2. The van der Waals surface area contributed by atoms with Crippen LogP contribution in [0.3, 0.4) is 0 Å². The van der Waals surface area contributed by atoms with Gasteiger partial charge >= 0.3 is 0 Å². The number of aliphatic imine (C=N–C) groups is 2. The predicted molar refractivity (Wildman–Crippen MR) is 102 cm³/mol. The fraction of sp³-hybridized carbons (Fsp3) is 0.421. The van der Waals surface area contributed by atoms with E-state index in [0.29, 0.717) is 23.4 Å². The van der Waals surface area contributed by atoms with Gasteiger partial charge in [-0.1, -0.05) is 43.6 Å². The second kappa shape index (κ2) is 7.40. The number of aromatic nitrogens is 1. The van der Waals surface area contributed by atoms with Crippen molar-refractivity contribution < 1.29 is 9.47 Å². The van der Waals surface area contributed by atoms with E-state index in [-0.39, 0.29) is 18.0 Å². The second-order valence-electron chi connectivity index (χ2n) is 6.37. The van der Waals surface area contributed by atoms with Gasteiger partial charge in [0.1, 0.15) is 17.2 Å². The predicted octanol–water partition coefficient (Wildman–Crippen LogP) is 3.93. The zero-order valence-electron chi connectivity index (χ0n) is 14.9. The van der Waals surface area contributed by atoms with Crippen molar-refractivity contribution in [1.82, 2.24) is 4.98 Å². The molecule has 0 saturated heterocycles. The first kappa shape index (κ1) is 17.7. The Bertz CT molecular complexity index is 833. The van der Waals surface area contributed by atoms with Gasteiger partial charge in [-0.05, 0) is 23.6 Å². The van der Waals surface area contributed by atoms with Crippen LogP contribution in [0.25, 0.3) is 10.9 Å². The van der Waals surface area contributed by atoms with E-state index in [2.05, 4.69) is 18.8 Å². The third-order valence-electron chi connectivity index (χ3n) is 4.32. The summed E-state index contributed by atoms with van der Waals surface area (Å²) in [4.78, 5) is 13.9. The maximum absolute atomic E-state index is 6.20. The summed E-state index contributed by atoms with van der Waals surface area (Å²) in [6.07, 6.45) is 0.618. The Morgan fingerprint density at radius 2 is 1.80 bits per heavy atom. The number of pyridine rings is 1. The van der Waals surface area contributed by atoms with Gasteiger partial charge in [0.2, 0.25) is 11.8 Å². The largest absolute Gasteiger partial charge is 0.483 e. The molecule has 0 aliphatic carbocycles. The quantitative estimate of drug-likeness (QED) is 0.780. The summed E-state index contributed by atoms with van der Waals surface area (Å²) < 4.78 is 11.0. The van der Waals surface area contributed by atoms with Gasteiger partial charge in [0.05, 0.1) is 19.7 Å². The number of methoxy groups -OCH3 is 2. The molecule has 3 rings (SSSR count). The highest BCUT2D eigenvalue weighted by Gasteiger charge is 2.31. The molecule has 132 valence electrons. The lowest BCUT2D eigenvalue weighted by molar-refractivity contribution is 0.333. The molecular weight excluding hydrogens is 338 g/mol. The van der Waals surface area contributed by atoms with Crippen LogP contribution in [0.15, 0.2) is 40.3 Å². The Labute approximate surface area is 152 Å². The van der Waals surface area contributed by atoms with Crippen LogP contribution in [0.2, 0.25) is 5.15 Å². The maximum Gasteiger partial charge on any atom is 0.209 e. The Hall–Kier alpha value is -2.14. The van der Waals surface area contributed by atoms with Gasteiger partial charge < -0.3 is 9.47 Å². The Morgan fingerprint density at radius 3 is 2.48 bits per heavy atom. The minimum atomic E-state index is -0.239. The van der Waals surface area contributed by atoms with Crippen molar-refractivity contribution in [2.75, 3.05) is 14.2 Å². The van der Waals surface area contributed by atoms with E-state index in [1.807, 2.05) is 30.3 Å². The first-order valence-electron chi connectivity index (χ1n) is 8.31. The zero-order chi connectivity index (χ0) is 18.0. The van der Waals surface area contributed by atoms with Crippen molar-refractivity contribution in [2.45, 2.75) is 32.4 Å². The molecule has 0 saturated carbocycles. The number of nitrogens with zero attached hydrogens (tertiary/aromatic N) is 3. The summed E-state index contributed by atoms with van der Waals surface area (Å²) in [6, 6.07) is 9.46. The van der Waals surface area contributed by atoms with Crippen molar-refractivity contribution in [3.8, 4) is 0 Å². The minimum absolute atomic E-state index is 0.117. The molecule has 0 amide bonds. The number of para-hydroxylation sites is 1. The molecule has 2 aromatic rings. The van der Waals surface area contributed by atoms with E-state index in [9.17, 15) is 0 Å². The van der Waals surface area contributed by atoms with Crippen molar-refractivity contribution >= 4 is 34.3 Å². The zero-order valence-corrected chi connectivity index (χ0v) is 15.6. The molecule has 0 spiro atoms. The number of ether oxygens (including phenoxy) is 2. The number of fused-ring (bicyclic) bond motifs is 1. The van der Waals surface area contributed by atoms with E-state index >= 15 is 0 Å². The number of hydrogen-bond donors (Lipinski definition) is 0. The van der Waals surface area contributed by atoms with Crippen LogP contribution >= 0.6 is 11.6 Å². The fourth-order valence-electron chi connectivity index (χ4n) is 3.08. The van der Waals surface area contributed by atoms with Gasteiger partial charge in [0.25, 0.3) is 0 Å². The van der Waals surface area contributed by atoms with E-state index < -0.39 is 0 Å². The number of rotatable bonds is 3. The monoisotopic (exact) mass is 359 g/mol. The van der Waals surface area contributed by atoms with Gasteiger partial charge in [0, 0.05) is 11.8 Å². The maximum atomic E-state index is 6.20. The highest BCUT2D eigenvalue weighted by Crippen LogP contribution is 2.25. The van der Waals surface area contributed by atoms with Crippen LogP contribution < -0.4 is 0 Å². The minimum Gasteiger partial charge on any atom is -0.483 e. The lowest BCUT2D eigenvalue weighted by atomic mass is 9.99. The molecule has 0 radical (unpaired) electrons. The Balaban J connectivity index is 2.00. The SMILES string of the molecule is COC1=N[C@H](Cc2cc(Cl)nc3ccccc23)C(OC)=N[C@H]1C(C)C. The van der Waals surface area contributed by atoms with E-state index in [1.165, 1.54) is 0 Å². The summed E-state index contributed by atoms with van der Waals surface area (Å²) in [7, 11) is 3.27. The molecule has 6 heteroatoms. The normalized spacial score (nSPS) is 20.4. The van der Waals surface area contributed by atoms with Gasteiger partial charge in [-0.2, -0.15) is 0 Å². The molecule has 1 aromatic heterocycles. The molecule has 0 bridgehead atoms. The van der Waals surface area contributed by atoms with E-state index in [4.69, 9.17) is 31.1 Å². The number of benzene rings is 1. The molecule has 1 aliphatic heterocycles. The molecule has 5 nitrogen and oxygen atoms in total. The molecule has 1 aliphatic rings. The van der Waals surface area contributed by atoms with Crippen molar-refractivity contribution in [3.05, 3.63) is 41.0 Å². The summed E-state index contributed by atoms with van der Waals surface area (Å²) in [6.45, 7) is 4.18. The number of hydrogen-bond acceptors (Lipinski definition) is 5. The van der Waals surface area contributed by atoms with Gasteiger partial charge in [-0.25, -0.2) is 15.0 Å². The molecule has 25 heavy (non-hydrogen) atoms. The highest BCUT2D eigenvalue weighted by atomic mass is 35.5. The summed E-state index contributed by atoms with van der Waals surface area (Å²) >= 11 is 6.20. The van der Waals surface area contributed by atoms with Gasteiger partial charge in [-0.3, -0.25) is 0 Å². The highest BCUT2D eigenvalue weighted by molar-refractivity contribution is 6.30. The molecule has 0 fully saturated rings. The van der Waals surface area contributed by atoms with Crippen LogP contribution in [0.4, 0.5) is 0 Å². The summed E-state index contributed by atoms with van der Waals surface area (Å²) in [5.74, 6) is 1.54.